The normalized spacial score (nSPS) is 15.8. The fourth-order valence-electron chi connectivity index (χ4n) is 1.39. The molecular weight excluding hydrogens is 221 g/mol. The molecule has 0 spiro atoms. The van der Waals surface area contributed by atoms with Crippen molar-refractivity contribution in [3.05, 3.63) is 13.8 Å². The van der Waals surface area contributed by atoms with Gasteiger partial charge in [0.25, 0.3) is 0 Å². The van der Waals surface area contributed by atoms with Crippen LogP contribution in [-0.2, 0) is 32.7 Å². The van der Waals surface area contributed by atoms with Gasteiger partial charge >= 0.3 is 0 Å². The van der Waals surface area contributed by atoms with Crippen LogP contribution in [0.3, 0.4) is 0 Å². The summed E-state index contributed by atoms with van der Waals surface area (Å²) in [5.41, 5.74) is 0. The van der Waals surface area contributed by atoms with Crippen LogP contribution in [0.5, 0.6) is 0 Å². The van der Waals surface area contributed by atoms with Crippen LogP contribution in [0.1, 0.15) is 39.0 Å². The molecule has 0 amide bonds. The van der Waals surface area contributed by atoms with E-state index in [1.807, 2.05) is 0 Å². The van der Waals surface area contributed by atoms with E-state index in [2.05, 4.69) is 25.7 Å². The van der Waals surface area contributed by atoms with Gasteiger partial charge in [-0.3, -0.25) is 5.92 Å². The Morgan fingerprint density at radius 3 is 2.00 bits per heavy atom. The predicted octanol–water partition coefficient (Wildman–Crippen LogP) is 3.24. The molecule has 1 fully saturated rings. The molecule has 0 nitrogen and oxygen atoms in total. The molecule has 12 heavy (non-hydrogen) atoms. The zero-order valence-electron chi connectivity index (χ0n) is 8.10. The van der Waals surface area contributed by atoms with Gasteiger partial charge in [0.1, 0.15) is 0 Å². The second-order valence-corrected chi connectivity index (χ2v) is 2.66. The first kappa shape index (κ1) is 15.0. The molecule has 0 saturated heterocycles. The van der Waals surface area contributed by atoms with Crippen molar-refractivity contribution < 1.29 is 32.7 Å². The fraction of sp³-hybridized carbons (Fsp3) is 0.636. The van der Waals surface area contributed by atoms with E-state index in [0.29, 0.717) is 5.92 Å². The van der Waals surface area contributed by atoms with Crippen LogP contribution < -0.4 is 0 Å². The summed E-state index contributed by atoms with van der Waals surface area (Å²) < 4.78 is 0. The van der Waals surface area contributed by atoms with E-state index in [0.717, 1.165) is 0 Å². The monoisotopic (exact) mass is 239 g/mol. The van der Waals surface area contributed by atoms with E-state index in [4.69, 9.17) is 0 Å². The van der Waals surface area contributed by atoms with Gasteiger partial charge in [-0.2, -0.15) is 13.8 Å². The molecule has 1 aliphatic carbocycles. The Morgan fingerprint density at radius 1 is 1.08 bits per heavy atom. The Kier molecular flexibility index (Phi) is 14.4. The van der Waals surface area contributed by atoms with Crippen molar-refractivity contribution in [1.82, 2.24) is 0 Å². The molecule has 1 heteroatoms. The van der Waals surface area contributed by atoms with Crippen molar-refractivity contribution in [1.29, 1.82) is 0 Å². The summed E-state index contributed by atoms with van der Waals surface area (Å²) in [4.78, 5) is 0. The Balaban J connectivity index is 0. The SMILES string of the molecule is [CH2-]C.[CH2-]C#CC1CCCCC1.[Y]. The van der Waals surface area contributed by atoms with Crippen LogP contribution in [0.2, 0.25) is 0 Å². The zero-order valence-corrected chi connectivity index (χ0v) is 10.9. The summed E-state index contributed by atoms with van der Waals surface area (Å²) in [6, 6.07) is 0. The van der Waals surface area contributed by atoms with Gasteiger partial charge in [0.15, 0.2) is 0 Å². The fourth-order valence-corrected chi connectivity index (χ4v) is 1.39. The van der Waals surface area contributed by atoms with Gasteiger partial charge in [0, 0.05) is 32.7 Å². The second-order valence-electron chi connectivity index (χ2n) is 2.66. The van der Waals surface area contributed by atoms with Gasteiger partial charge in [-0.15, -0.1) is 0 Å². The van der Waals surface area contributed by atoms with Crippen molar-refractivity contribution in [3.8, 4) is 11.8 Å². The molecule has 0 heterocycles. The van der Waals surface area contributed by atoms with Crippen LogP contribution in [0.25, 0.3) is 0 Å². The molecule has 1 rings (SSSR count). The Labute approximate surface area is 103 Å². The second kappa shape index (κ2) is 11.5. The molecule has 67 valence electrons. The predicted molar refractivity (Wildman–Crippen MR) is 50.7 cm³/mol. The van der Waals surface area contributed by atoms with Crippen molar-refractivity contribution in [3.63, 3.8) is 0 Å². The van der Waals surface area contributed by atoms with Crippen LogP contribution >= 0.6 is 0 Å². The van der Waals surface area contributed by atoms with Gasteiger partial charge in [0.05, 0.1) is 0 Å². The van der Waals surface area contributed by atoms with E-state index >= 15 is 0 Å². The standard InChI is InChI=1S/C9H13.C2H5.Y/c1-2-6-9-7-4-3-5-8-9;1-2;/h9H,1,3-5,7-8H2;1H2,2H3;/q2*-1;. The summed E-state index contributed by atoms with van der Waals surface area (Å²) in [5, 5.41) is 0. The maximum absolute atomic E-state index is 3.52. The molecule has 0 atom stereocenters. The van der Waals surface area contributed by atoms with Crippen LogP contribution in [0.15, 0.2) is 0 Å². The van der Waals surface area contributed by atoms with Crippen LogP contribution in [0.4, 0.5) is 0 Å². The van der Waals surface area contributed by atoms with Crippen LogP contribution in [-0.4, -0.2) is 0 Å². The van der Waals surface area contributed by atoms with E-state index < -0.39 is 0 Å². The minimum absolute atomic E-state index is 0. The third-order valence-corrected chi connectivity index (χ3v) is 1.91. The minimum Gasteiger partial charge on any atom is -0.346 e. The molecule has 1 radical (unpaired) electrons. The van der Waals surface area contributed by atoms with E-state index in [1.165, 1.54) is 32.1 Å². The first-order valence-corrected chi connectivity index (χ1v) is 4.42. The quantitative estimate of drug-likeness (QED) is 0.449. The molecule has 1 aliphatic rings. The molecule has 0 unspecified atom stereocenters. The van der Waals surface area contributed by atoms with Crippen molar-refractivity contribution in [2.75, 3.05) is 0 Å². The molecule has 0 aromatic carbocycles. The topological polar surface area (TPSA) is 0 Å². The molecule has 1 saturated carbocycles. The van der Waals surface area contributed by atoms with E-state index in [9.17, 15) is 0 Å². The Hall–Kier alpha value is 0.534. The zero-order chi connectivity index (χ0) is 8.53. The summed E-state index contributed by atoms with van der Waals surface area (Å²) in [5.74, 6) is 6.54. The third-order valence-electron chi connectivity index (χ3n) is 1.91. The largest absolute Gasteiger partial charge is 0.346 e. The summed E-state index contributed by atoms with van der Waals surface area (Å²) in [7, 11) is 0. The first-order chi connectivity index (χ1) is 5.43. The number of hydrogen-bond acceptors (Lipinski definition) is 0. The van der Waals surface area contributed by atoms with Crippen molar-refractivity contribution >= 4 is 0 Å². The van der Waals surface area contributed by atoms with Gasteiger partial charge < -0.3 is 12.8 Å². The molecular formula is C11H18Y-2. The van der Waals surface area contributed by atoms with Gasteiger partial charge in [-0.1, -0.05) is 38.0 Å². The molecule has 0 aliphatic heterocycles. The van der Waals surface area contributed by atoms with E-state index in [-0.39, 0.29) is 32.7 Å². The molecule has 0 bridgehead atoms. The van der Waals surface area contributed by atoms with E-state index in [1.54, 1.807) is 6.92 Å². The average Bonchev–Trinajstić information content (AvgIpc) is 2.11. The maximum atomic E-state index is 3.52. The molecule has 0 aromatic heterocycles. The van der Waals surface area contributed by atoms with Crippen LogP contribution in [0, 0.1) is 31.6 Å². The summed E-state index contributed by atoms with van der Waals surface area (Å²) in [6.45, 7) is 8.52. The average molecular weight is 239 g/mol. The summed E-state index contributed by atoms with van der Waals surface area (Å²) >= 11 is 0. The van der Waals surface area contributed by atoms with Gasteiger partial charge in [-0.25, -0.2) is 0 Å². The Bertz CT molecular complexity index is 124. The number of hydrogen-bond donors (Lipinski definition) is 0. The molecule has 0 aromatic rings. The smallest absolute Gasteiger partial charge is 0 e. The van der Waals surface area contributed by atoms with Gasteiger partial charge in [0.2, 0.25) is 0 Å². The minimum atomic E-state index is 0. The van der Waals surface area contributed by atoms with Crippen molar-refractivity contribution in [2.45, 2.75) is 39.0 Å². The number of rotatable bonds is 0. The van der Waals surface area contributed by atoms with Gasteiger partial charge in [-0.05, 0) is 0 Å². The Morgan fingerprint density at radius 2 is 1.58 bits per heavy atom. The first-order valence-electron chi connectivity index (χ1n) is 4.42. The summed E-state index contributed by atoms with van der Waals surface area (Å²) in [6.07, 6.45) is 6.78. The maximum Gasteiger partial charge on any atom is 0 e. The van der Waals surface area contributed by atoms with Crippen molar-refractivity contribution in [2.24, 2.45) is 5.92 Å². The third kappa shape index (κ3) is 7.20. The molecule has 0 N–H and O–H groups in total.